The van der Waals surface area contributed by atoms with E-state index in [1.165, 1.54) is 4.90 Å². The summed E-state index contributed by atoms with van der Waals surface area (Å²) >= 11 is 1.60. The Hall–Kier alpha value is -5.84. The molecule has 51 heavy (non-hydrogen) atoms. The minimum atomic E-state index is -1.34. The molecule has 0 aliphatic heterocycles. The summed E-state index contributed by atoms with van der Waals surface area (Å²) in [5.41, 5.74) is 9.05. The third-order valence-electron chi connectivity index (χ3n) is 9.10. The maximum atomic E-state index is 15.2. The maximum absolute atomic E-state index is 15.2. The van der Waals surface area contributed by atoms with Crippen LogP contribution in [0.2, 0.25) is 0 Å². The average molecular weight is 698 g/mol. The number of para-hydroxylation sites is 1. The number of aryl methyl sites for hydroxylation is 2. The molecule has 6 rings (SSSR count). The van der Waals surface area contributed by atoms with Crippen molar-refractivity contribution in [1.82, 2.24) is 20.2 Å². The minimum Gasteiger partial charge on any atom is -0.361 e. The predicted molar refractivity (Wildman–Crippen MR) is 201 cm³/mol. The number of fused-ring (bicyclic) bond motifs is 1. The van der Waals surface area contributed by atoms with Crippen LogP contribution >= 0.6 is 11.3 Å². The van der Waals surface area contributed by atoms with Gasteiger partial charge in [0.1, 0.15) is 12.1 Å². The van der Waals surface area contributed by atoms with E-state index in [0.717, 1.165) is 49.2 Å². The van der Waals surface area contributed by atoms with E-state index in [9.17, 15) is 14.4 Å². The van der Waals surface area contributed by atoms with Gasteiger partial charge in [-0.3, -0.25) is 29.5 Å². The maximum Gasteiger partial charge on any atom is 0.261 e. The number of hydrogen-bond acceptors (Lipinski definition) is 6. The van der Waals surface area contributed by atoms with Gasteiger partial charge in [-0.05, 0) is 83.3 Å². The lowest BCUT2D eigenvalue weighted by molar-refractivity contribution is -0.140. The number of nitrogens with two attached hydrogens (primary N) is 1. The highest BCUT2D eigenvalue weighted by atomic mass is 32.1. The average Bonchev–Trinajstić information content (AvgIpc) is 3.84. The third kappa shape index (κ3) is 7.67. The van der Waals surface area contributed by atoms with Crippen LogP contribution in [-0.2, 0) is 22.4 Å². The highest BCUT2D eigenvalue weighted by Crippen LogP contribution is 2.26. The summed E-state index contributed by atoms with van der Waals surface area (Å²) in [5, 5.41) is 4.91. The van der Waals surface area contributed by atoms with Crippen molar-refractivity contribution in [2.24, 2.45) is 5.84 Å². The van der Waals surface area contributed by atoms with Crippen LogP contribution < -0.4 is 11.3 Å². The van der Waals surface area contributed by atoms with Crippen LogP contribution in [0.1, 0.15) is 43.0 Å². The largest absolute Gasteiger partial charge is 0.361 e. The van der Waals surface area contributed by atoms with Crippen molar-refractivity contribution >= 4 is 45.9 Å². The highest BCUT2D eigenvalue weighted by Gasteiger charge is 2.41. The molecule has 4 N–H and O–H groups in total. The molecule has 0 spiro atoms. The lowest BCUT2D eigenvalue weighted by Gasteiger charge is -2.35. The molecule has 258 valence electrons. The number of H-pyrrole nitrogens is 1. The zero-order chi connectivity index (χ0) is 36.1. The number of nitrogens with zero attached hydrogens (tertiary/aromatic N) is 2. The number of hydrazine groups is 1. The molecule has 0 radical (unpaired) electrons. The molecule has 0 unspecified atom stereocenters. The number of nitrogens with one attached hydrogen (secondary N) is 2. The molecule has 4 aromatic carbocycles. The first-order valence-electron chi connectivity index (χ1n) is 16.6. The third-order valence-corrected chi connectivity index (χ3v) is 9.78. The second-order valence-corrected chi connectivity index (χ2v) is 13.5. The molecule has 2 aromatic heterocycles. The van der Waals surface area contributed by atoms with Crippen LogP contribution in [0.15, 0.2) is 120 Å². The van der Waals surface area contributed by atoms with E-state index in [4.69, 9.17) is 5.84 Å². The molecule has 4 amide bonds. The molecule has 0 saturated carbocycles. The van der Waals surface area contributed by atoms with Crippen LogP contribution in [-0.4, -0.2) is 57.5 Å². The molecule has 9 nitrogen and oxygen atoms in total. The first kappa shape index (κ1) is 35.0. The Balaban J connectivity index is 1.45. The van der Waals surface area contributed by atoms with E-state index >= 15 is 4.79 Å². The lowest BCUT2D eigenvalue weighted by Crippen LogP contribution is -2.60. The molecule has 0 fully saturated rings. The van der Waals surface area contributed by atoms with E-state index < -0.39 is 35.7 Å². The van der Waals surface area contributed by atoms with Gasteiger partial charge < -0.3 is 9.88 Å². The number of benzene rings is 4. The summed E-state index contributed by atoms with van der Waals surface area (Å²) in [4.78, 5) is 63.1. The summed E-state index contributed by atoms with van der Waals surface area (Å²) in [5.74, 6) is 3.23. The number of hydrogen-bond donors (Lipinski definition) is 3. The van der Waals surface area contributed by atoms with Gasteiger partial charge >= 0.3 is 0 Å². The van der Waals surface area contributed by atoms with Crippen LogP contribution in [0.5, 0.6) is 0 Å². The second-order valence-electron chi connectivity index (χ2n) is 12.7. The Labute approximate surface area is 300 Å². The van der Waals surface area contributed by atoms with Crippen LogP contribution in [0.4, 0.5) is 0 Å². The molecule has 2 heterocycles. The Morgan fingerprint density at radius 1 is 0.765 bits per heavy atom. The smallest absolute Gasteiger partial charge is 0.261 e. The Kier molecular flexibility index (Phi) is 10.5. The van der Waals surface area contributed by atoms with E-state index in [2.05, 4.69) is 15.8 Å². The fourth-order valence-corrected chi connectivity index (χ4v) is 7.17. The van der Waals surface area contributed by atoms with Gasteiger partial charge in [-0.2, -0.15) is 11.3 Å². The summed E-state index contributed by atoms with van der Waals surface area (Å²) < 4.78 is 0. The van der Waals surface area contributed by atoms with Gasteiger partial charge in [0, 0.05) is 48.1 Å². The highest BCUT2D eigenvalue weighted by molar-refractivity contribution is 7.08. The van der Waals surface area contributed by atoms with Gasteiger partial charge in [0.2, 0.25) is 0 Å². The SMILES string of the molecule is Cc1cc(C)cc(C(=O)N(C)[C@@H](Cc2ccc(-c3ccsc3)cc2)C(=O)N(C(=O)c2ccccc2)[C@@H](Cc2c[nH]c3ccccc23)C(=O)NN)c1. The Morgan fingerprint density at radius 2 is 1.45 bits per heavy atom. The number of thiophene rings is 1. The second kappa shape index (κ2) is 15.4. The summed E-state index contributed by atoms with van der Waals surface area (Å²) in [6, 6.07) is 28.7. The minimum absolute atomic E-state index is 0.0197. The van der Waals surface area contributed by atoms with Gasteiger partial charge in [0.05, 0.1) is 0 Å². The predicted octanol–water partition coefficient (Wildman–Crippen LogP) is 6.47. The molecular weight excluding hydrogens is 659 g/mol. The normalized spacial score (nSPS) is 12.2. The first-order chi connectivity index (χ1) is 24.6. The quantitative estimate of drug-likeness (QED) is 0.0813. The molecule has 2 atom stereocenters. The van der Waals surface area contributed by atoms with E-state index in [1.54, 1.807) is 67.0 Å². The number of imide groups is 1. The number of aromatic nitrogens is 1. The van der Waals surface area contributed by atoms with Gasteiger partial charge in [-0.1, -0.05) is 77.9 Å². The van der Waals surface area contributed by atoms with Crippen molar-refractivity contribution in [3.05, 3.63) is 153 Å². The van der Waals surface area contributed by atoms with E-state index in [0.29, 0.717) is 5.56 Å². The molecule has 0 aliphatic carbocycles. The summed E-state index contributed by atoms with van der Waals surface area (Å²) in [6.07, 6.45) is 1.83. The molecule has 0 aliphatic rings. The molecule has 0 bridgehead atoms. The van der Waals surface area contributed by atoms with Crippen LogP contribution in [0.25, 0.3) is 22.0 Å². The number of likely N-dealkylation sites (N-methyl/N-ethyl adjacent to an activating group) is 1. The Bertz CT molecular complexity index is 2160. The van der Waals surface area contributed by atoms with Gasteiger partial charge in [0.15, 0.2) is 0 Å². The van der Waals surface area contributed by atoms with E-state index in [1.807, 2.05) is 79.9 Å². The summed E-state index contributed by atoms with van der Waals surface area (Å²) in [7, 11) is 1.56. The number of carbonyl (C=O) groups excluding carboxylic acids is 4. The summed E-state index contributed by atoms with van der Waals surface area (Å²) in [6.45, 7) is 3.81. The number of rotatable bonds is 11. The number of carbonyl (C=O) groups is 4. The van der Waals surface area contributed by atoms with Crippen molar-refractivity contribution in [1.29, 1.82) is 0 Å². The zero-order valence-corrected chi connectivity index (χ0v) is 29.4. The lowest BCUT2D eigenvalue weighted by atomic mass is 9.97. The van der Waals surface area contributed by atoms with Crippen molar-refractivity contribution in [3.8, 4) is 11.1 Å². The van der Waals surface area contributed by atoms with E-state index in [-0.39, 0.29) is 18.4 Å². The van der Waals surface area contributed by atoms with Crippen LogP contribution in [0.3, 0.4) is 0 Å². The van der Waals surface area contributed by atoms with Gasteiger partial charge in [0.25, 0.3) is 23.6 Å². The molecule has 10 heteroatoms. The van der Waals surface area contributed by atoms with Crippen LogP contribution in [0, 0.1) is 13.8 Å². The molecule has 6 aromatic rings. The molecular formula is C41H39N5O4S. The van der Waals surface area contributed by atoms with Crippen molar-refractivity contribution in [3.63, 3.8) is 0 Å². The van der Waals surface area contributed by atoms with Crippen molar-refractivity contribution in [2.45, 2.75) is 38.8 Å². The topological polar surface area (TPSA) is 129 Å². The zero-order valence-electron chi connectivity index (χ0n) is 28.6. The van der Waals surface area contributed by atoms with Gasteiger partial charge in [-0.15, -0.1) is 0 Å². The fourth-order valence-electron chi connectivity index (χ4n) is 6.50. The van der Waals surface area contributed by atoms with Crippen molar-refractivity contribution in [2.75, 3.05) is 7.05 Å². The number of amides is 4. The number of aromatic amines is 1. The standard InChI is InChI=1S/C41H39N5O4S/c1-26-19-27(2)21-32(20-26)39(48)45(3)37(22-28-13-15-29(16-14-28)31-17-18-51-25-31)41(50)46(40(49)30-9-5-4-6-10-30)36(38(47)44-42)23-33-24-43-35-12-8-7-11-34(33)35/h4-21,24-25,36-37,43H,22-23,42H2,1-3H3,(H,44,47)/t36-,37-/m0/s1. The first-order valence-corrected chi connectivity index (χ1v) is 17.5. The van der Waals surface area contributed by atoms with Gasteiger partial charge in [-0.25, -0.2) is 5.84 Å². The van der Waals surface area contributed by atoms with Crippen molar-refractivity contribution < 1.29 is 19.2 Å². The molecule has 0 saturated heterocycles. The Morgan fingerprint density at radius 3 is 2.12 bits per heavy atom. The monoisotopic (exact) mass is 697 g/mol. The fraction of sp³-hybridized carbons (Fsp3) is 0.171.